The first-order valence-electron chi connectivity index (χ1n) is 8.99. The van der Waals surface area contributed by atoms with Crippen molar-refractivity contribution < 1.29 is 4.79 Å². The molecule has 1 aliphatic rings. The molecule has 1 saturated carbocycles. The monoisotopic (exact) mass is 360 g/mol. The Morgan fingerprint density at radius 3 is 2.68 bits per heavy atom. The van der Waals surface area contributed by atoms with Gasteiger partial charge in [0.15, 0.2) is 0 Å². The molecular weight excluding hydrogens is 336 g/mol. The number of carbonyl (C=O) groups is 1. The highest BCUT2D eigenvalue weighted by Crippen LogP contribution is 2.31. The molecule has 2 aromatic rings. The highest BCUT2D eigenvalue weighted by molar-refractivity contribution is 6.30. The first kappa shape index (κ1) is 18.0. The highest BCUT2D eigenvalue weighted by Gasteiger charge is 2.20. The summed E-state index contributed by atoms with van der Waals surface area (Å²) in [5.74, 6) is 0.741. The van der Waals surface area contributed by atoms with Crippen LogP contribution in [0, 0.1) is 0 Å². The number of hydrogen-bond donors (Lipinski definition) is 2. The molecule has 1 atom stereocenters. The van der Waals surface area contributed by atoms with Gasteiger partial charge >= 0.3 is 0 Å². The van der Waals surface area contributed by atoms with Crippen LogP contribution in [-0.4, -0.2) is 22.2 Å². The summed E-state index contributed by atoms with van der Waals surface area (Å²) in [6.07, 6.45) is 7.39. The molecule has 0 saturated heterocycles. The topological polar surface area (TPSA) is 59.0 Å². The number of aromatic nitrogens is 2. The SMILES string of the molecule is CCC(NCC(=O)Nc1ccnn1C1CCCC1)c1ccc(Cl)cc1. The van der Waals surface area contributed by atoms with Gasteiger partial charge in [-0.1, -0.05) is 43.5 Å². The minimum atomic E-state index is -0.0489. The number of hydrogen-bond acceptors (Lipinski definition) is 3. The van der Waals surface area contributed by atoms with E-state index in [-0.39, 0.29) is 18.5 Å². The quantitative estimate of drug-likeness (QED) is 0.772. The fourth-order valence-corrected chi connectivity index (χ4v) is 3.57. The van der Waals surface area contributed by atoms with Crippen LogP contribution in [0.4, 0.5) is 5.82 Å². The van der Waals surface area contributed by atoms with Crippen LogP contribution in [0.25, 0.3) is 0 Å². The van der Waals surface area contributed by atoms with Gasteiger partial charge in [-0.2, -0.15) is 5.10 Å². The third-order valence-electron chi connectivity index (χ3n) is 4.80. The van der Waals surface area contributed by atoms with Crippen molar-refractivity contribution in [2.45, 2.75) is 51.1 Å². The Hall–Kier alpha value is -1.85. The third-order valence-corrected chi connectivity index (χ3v) is 5.05. The van der Waals surface area contributed by atoms with Crippen LogP contribution in [0.5, 0.6) is 0 Å². The number of benzene rings is 1. The molecule has 0 aliphatic heterocycles. The Bertz CT molecular complexity index is 692. The summed E-state index contributed by atoms with van der Waals surface area (Å²) in [6, 6.07) is 10.2. The summed E-state index contributed by atoms with van der Waals surface area (Å²) in [7, 11) is 0. The van der Waals surface area contributed by atoms with Gasteiger partial charge in [-0.15, -0.1) is 0 Å². The average molecular weight is 361 g/mol. The van der Waals surface area contributed by atoms with Crippen molar-refractivity contribution in [1.82, 2.24) is 15.1 Å². The van der Waals surface area contributed by atoms with E-state index in [1.165, 1.54) is 12.8 Å². The smallest absolute Gasteiger partial charge is 0.239 e. The van der Waals surface area contributed by atoms with Gasteiger partial charge in [0, 0.05) is 17.1 Å². The maximum absolute atomic E-state index is 12.3. The van der Waals surface area contributed by atoms with Crippen molar-refractivity contribution in [2.75, 3.05) is 11.9 Å². The van der Waals surface area contributed by atoms with E-state index in [1.54, 1.807) is 6.20 Å². The standard InChI is InChI=1S/C19H25ClN4O/c1-2-17(14-7-9-15(20)10-8-14)21-13-19(25)23-18-11-12-22-24(18)16-5-3-4-6-16/h7-12,16-17,21H,2-6,13H2,1H3,(H,23,25). The van der Waals surface area contributed by atoms with Gasteiger partial charge in [0.05, 0.1) is 18.8 Å². The Balaban J connectivity index is 1.55. The first-order chi connectivity index (χ1) is 12.2. The molecule has 134 valence electrons. The number of rotatable bonds is 7. The number of amides is 1. The maximum Gasteiger partial charge on any atom is 0.239 e. The zero-order chi connectivity index (χ0) is 17.6. The number of nitrogens with zero attached hydrogens (tertiary/aromatic N) is 2. The molecule has 0 spiro atoms. The minimum Gasteiger partial charge on any atom is -0.310 e. The molecule has 0 radical (unpaired) electrons. The van der Waals surface area contributed by atoms with Gasteiger partial charge in [-0.3, -0.25) is 4.79 Å². The Kier molecular flexibility index (Phi) is 6.10. The zero-order valence-corrected chi connectivity index (χ0v) is 15.3. The van der Waals surface area contributed by atoms with Gasteiger partial charge in [0.1, 0.15) is 5.82 Å². The number of halogens is 1. The van der Waals surface area contributed by atoms with E-state index in [0.29, 0.717) is 6.04 Å². The van der Waals surface area contributed by atoms with Gasteiger partial charge < -0.3 is 10.6 Å². The lowest BCUT2D eigenvalue weighted by Gasteiger charge is -2.18. The first-order valence-corrected chi connectivity index (χ1v) is 9.37. The summed E-state index contributed by atoms with van der Waals surface area (Å²) < 4.78 is 1.96. The summed E-state index contributed by atoms with van der Waals surface area (Å²) in [5.41, 5.74) is 1.13. The average Bonchev–Trinajstić information content (AvgIpc) is 3.28. The molecule has 5 nitrogen and oxygen atoms in total. The van der Waals surface area contributed by atoms with E-state index in [0.717, 1.165) is 35.7 Å². The van der Waals surface area contributed by atoms with E-state index in [9.17, 15) is 4.79 Å². The normalized spacial score (nSPS) is 16.1. The number of carbonyl (C=O) groups excluding carboxylic acids is 1. The molecule has 2 N–H and O–H groups in total. The second-order valence-corrected chi connectivity index (χ2v) is 6.98. The lowest BCUT2D eigenvalue weighted by atomic mass is 10.0. The molecule has 1 aromatic heterocycles. The molecule has 1 amide bonds. The molecule has 25 heavy (non-hydrogen) atoms. The second-order valence-electron chi connectivity index (χ2n) is 6.54. The van der Waals surface area contributed by atoms with E-state index >= 15 is 0 Å². The summed E-state index contributed by atoms with van der Waals surface area (Å²) in [4.78, 5) is 12.3. The molecular formula is C19H25ClN4O. The summed E-state index contributed by atoms with van der Waals surface area (Å²) in [5, 5.41) is 11.4. The van der Waals surface area contributed by atoms with Crippen LogP contribution < -0.4 is 10.6 Å². The van der Waals surface area contributed by atoms with Gasteiger partial charge in [-0.05, 0) is 37.0 Å². The Morgan fingerprint density at radius 2 is 2.00 bits per heavy atom. The largest absolute Gasteiger partial charge is 0.310 e. The molecule has 1 aliphatic carbocycles. The molecule has 1 aromatic carbocycles. The second kappa shape index (κ2) is 8.50. The number of anilines is 1. The summed E-state index contributed by atoms with van der Waals surface area (Å²) in [6.45, 7) is 2.36. The fraction of sp³-hybridized carbons (Fsp3) is 0.474. The predicted molar refractivity (Wildman–Crippen MR) is 101 cm³/mol. The van der Waals surface area contributed by atoms with Gasteiger partial charge in [0.25, 0.3) is 0 Å². The van der Waals surface area contributed by atoms with Crippen LogP contribution in [0.2, 0.25) is 5.02 Å². The van der Waals surface area contributed by atoms with Crippen LogP contribution in [0.3, 0.4) is 0 Å². The van der Waals surface area contributed by atoms with E-state index in [4.69, 9.17) is 11.6 Å². The van der Waals surface area contributed by atoms with Crippen molar-refractivity contribution in [3.05, 3.63) is 47.1 Å². The van der Waals surface area contributed by atoms with Crippen molar-refractivity contribution in [3.63, 3.8) is 0 Å². The number of nitrogens with one attached hydrogen (secondary N) is 2. The van der Waals surface area contributed by atoms with E-state index in [2.05, 4.69) is 22.7 Å². The molecule has 3 rings (SSSR count). The lowest BCUT2D eigenvalue weighted by molar-refractivity contribution is -0.115. The minimum absolute atomic E-state index is 0.0489. The molecule has 1 fully saturated rings. The van der Waals surface area contributed by atoms with Crippen molar-refractivity contribution in [1.29, 1.82) is 0 Å². The predicted octanol–water partition coefficient (Wildman–Crippen LogP) is 4.33. The van der Waals surface area contributed by atoms with Gasteiger partial charge in [-0.25, -0.2) is 4.68 Å². The lowest BCUT2D eigenvalue weighted by Crippen LogP contribution is -2.31. The third kappa shape index (κ3) is 4.61. The van der Waals surface area contributed by atoms with Crippen molar-refractivity contribution >= 4 is 23.3 Å². The van der Waals surface area contributed by atoms with Crippen LogP contribution >= 0.6 is 11.6 Å². The van der Waals surface area contributed by atoms with Gasteiger partial charge in [0.2, 0.25) is 5.91 Å². The summed E-state index contributed by atoms with van der Waals surface area (Å²) >= 11 is 5.94. The van der Waals surface area contributed by atoms with E-state index in [1.807, 2.05) is 35.0 Å². The van der Waals surface area contributed by atoms with Crippen molar-refractivity contribution in [3.8, 4) is 0 Å². The molecule has 6 heteroatoms. The molecule has 1 unspecified atom stereocenters. The molecule has 1 heterocycles. The maximum atomic E-state index is 12.3. The molecule has 0 bridgehead atoms. The fourth-order valence-electron chi connectivity index (χ4n) is 3.45. The highest BCUT2D eigenvalue weighted by atomic mass is 35.5. The van der Waals surface area contributed by atoms with Crippen LogP contribution in [-0.2, 0) is 4.79 Å². The van der Waals surface area contributed by atoms with E-state index < -0.39 is 0 Å². The Labute approximate surface area is 153 Å². The van der Waals surface area contributed by atoms with Crippen LogP contribution in [0.1, 0.15) is 56.7 Å². The Morgan fingerprint density at radius 1 is 1.28 bits per heavy atom. The van der Waals surface area contributed by atoms with Crippen LogP contribution in [0.15, 0.2) is 36.5 Å². The zero-order valence-electron chi connectivity index (χ0n) is 14.5. The van der Waals surface area contributed by atoms with Crippen molar-refractivity contribution in [2.24, 2.45) is 0 Å².